The molecular weight excluding hydrogens is 173 g/mol. The molecule has 0 aromatic rings. The Morgan fingerprint density at radius 3 is 2.44 bits per heavy atom. The molecule has 0 aromatic heterocycles. The van der Waals surface area contributed by atoms with Gasteiger partial charge in [0.1, 0.15) is 0 Å². The van der Waals surface area contributed by atoms with Gasteiger partial charge in [0, 0.05) is 0 Å². The summed E-state index contributed by atoms with van der Waals surface area (Å²) in [5.74, 6) is 0. The van der Waals surface area contributed by atoms with E-state index in [9.17, 15) is 0 Å². The Morgan fingerprint density at radius 1 is 1.33 bits per heavy atom. The van der Waals surface area contributed by atoms with Crippen LogP contribution in [-0.2, 0) is 0 Å². The Morgan fingerprint density at radius 2 is 2.00 bits per heavy atom. The van der Waals surface area contributed by atoms with Gasteiger partial charge >= 0.3 is 65.1 Å². The van der Waals surface area contributed by atoms with Crippen molar-refractivity contribution in [3.05, 3.63) is 0 Å². The van der Waals surface area contributed by atoms with Crippen LogP contribution in [-0.4, -0.2) is 41.3 Å². The molecule has 55 valence electrons. The molecule has 0 aliphatic heterocycles. The average Bonchev–Trinajstić information content (AvgIpc) is 1.80. The van der Waals surface area contributed by atoms with E-state index in [0.717, 1.165) is 0 Å². The Bertz CT molecular complexity index is 54.9. The van der Waals surface area contributed by atoms with Crippen molar-refractivity contribution in [2.24, 2.45) is 0 Å². The van der Waals surface area contributed by atoms with Crippen LogP contribution in [0.2, 0.25) is 10.4 Å². The fourth-order valence-corrected chi connectivity index (χ4v) is 2.09. The summed E-state index contributed by atoms with van der Waals surface area (Å²) in [4.78, 5) is 2.26. The summed E-state index contributed by atoms with van der Waals surface area (Å²) in [6, 6.07) is 0. The zero-order valence-corrected chi connectivity index (χ0v) is 8.60. The van der Waals surface area contributed by atoms with E-state index in [4.69, 9.17) is 0 Å². The van der Waals surface area contributed by atoms with Crippen LogP contribution >= 0.6 is 0 Å². The molecule has 9 heavy (non-hydrogen) atoms. The van der Waals surface area contributed by atoms with Gasteiger partial charge in [-0.3, -0.25) is 0 Å². The second kappa shape index (κ2) is 6.64. The van der Waals surface area contributed by atoms with E-state index in [0.29, 0.717) is 15.8 Å². The van der Waals surface area contributed by atoms with Crippen molar-refractivity contribution < 1.29 is 0 Å². The Hall–Kier alpha value is 0.518. The molecule has 0 bridgehead atoms. The first-order chi connectivity index (χ1) is 4.27. The van der Waals surface area contributed by atoms with E-state index in [-0.39, 0.29) is 0 Å². The first kappa shape index (κ1) is 9.52. The van der Waals surface area contributed by atoms with E-state index in [1.54, 1.807) is 0 Å². The maximum absolute atomic E-state index is 2.29. The van der Waals surface area contributed by atoms with Crippen LogP contribution in [0.1, 0.15) is 13.3 Å². The van der Waals surface area contributed by atoms with Crippen molar-refractivity contribution in [3.8, 4) is 0 Å². The van der Waals surface area contributed by atoms with E-state index in [1.165, 1.54) is 23.4 Å². The molecule has 0 saturated carbocycles. The monoisotopic (exact) mass is 190 g/mol. The van der Waals surface area contributed by atoms with Crippen molar-refractivity contribution in [1.29, 1.82) is 0 Å². The van der Waals surface area contributed by atoms with Crippen molar-refractivity contribution in [3.63, 3.8) is 0 Å². The molecular formula is C7H17AsN. The normalized spacial score (nSPS) is 12.0. The summed E-state index contributed by atoms with van der Waals surface area (Å²) in [5, 5.41) is 2.93. The minimum atomic E-state index is 0.692. The molecule has 1 nitrogen and oxygen atoms in total. The third-order valence-electron chi connectivity index (χ3n) is 1.15. The predicted octanol–water partition coefficient (Wildman–Crippen LogP) is 1.50. The van der Waals surface area contributed by atoms with Gasteiger partial charge in [0.25, 0.3) is 0 Å². The molecule has 0 spiro atoms. The van der Waals surface area contributed by atoms with Gasteiger partial charge in [-0.15, -0.1) is 0 Å². The van der Waals surface area contributed by atoms with Crippen LogP contribution in [0, 0.1) is 0 Å². The van der Waals surface area contributed by atoms with Gasteiger partial charge < -0.3 is 0 Å². The van der Waals surface area contributed by atoms with Gasteiger partial charge in [0.05, 0.1) is 0 Å². The molecule has 0 aliphatic carbocycles. The third-order valence-corrected chi connectivity index (χ3v) is 3.41. The molecule has 0 saturated heterocycles. The molecule has 0 N–H and O–H groups in total. The van der Waals surface area contributed by atoms with Gasteiger partial charge in [0.2, 0.25) is 0 Å². The van der Waals surface area contributed by atoms with Crippen molar-refractivity contribution in [1.82, 2.24) is 4.90 Å². The zero-order valence-electron chi connectivity index (χ0n) is 6.72. The summed E-state index contributed by atoms with van der Waals surface area (Å²) in [6.07, 6.45) is 1.40. The maximum atomic E-state index is 2.29. The summed E-state index contributed by atoms with van der Waals surface area (Å²) in [5.41, 5.74) is 0. The fourth-order valence-electron chi connectivity index (χ4n) is 0.657. The molecule has 1 radical (unpaired) electrons. The van der Waals surface area contributed by atoms with E-state index in [2.05, 4.69) is 25.9 Å². The van der Waals surface area contributed by atoms with Gasteiger partial charge in [-0.2, -0.15) is 0 Å². The quantitative estimate of drug-likeness (QED) is 0.469. The zero-order chi connectivity index (χ0) is 7.11. The molecule has 0 rings (SSSR count). The first-order valence-electron chi connectivity index (χ1n) is 3.55. The van der Waals surface area contributed by atoms with Crippen LogP contribution in [0.5, 0.6) is 0 Å². The van der Waals surface area contributed by atoms with Crippen molar-refractivity contribution in [2.75, 3.05) is 20.6 Å². The summed E-state index contributed by atoms with van der Waals surface area (Å²) in [6.45, 7) is 3.56. The summed E-state index contributed by atoms with van der Waals surface area (Å²) < 4.78 is 0. The number of rotatable bonds is 5. The van der Waals surface area contributed by atoms with Gasteiger partial charge in [-0.1, -0.05) is 0 Å². The summed E-state index contributed by atoms with van der Waals surface area (Å²) in [7, 11) is 4.28. The van der Waals surface area contributed by atoms with Crippen LogP contribution < -0.4 is 0 Å². The Labute approximate surface area is 65.5 Å². The topological polar surface area (TPSA) is 3.24 Å². The van der Waals surface area contributed by atoms with Crippen LogP contribution in [0.4, 0.5) is 0 Å². The number of hydrogen-bond acceptors (Lipinski definition) is 1. The van der Waals surface area contributed by atoms with Crippen LogP contribution in [0.3, 0.4) is 0 Å². The Kier molecular flexibility index (Phi) is 7.02. The molecule has 0 atom stereocenters. The van der Waals surface area contributed by atoms with Gasteiger partial charge in [-0.25, -0.2) is 0 Å². The molecule has 0 amide bonds. The van der Waals surface area contributed by atoms with Gasteiger partial charge in [-0.05, 0) is 0 Å². The molecule has 0 fully saturated rings. The molecule has 0 aromatic carbocycles. The average molecular weight is 190 g/mol. The molecule has 0 aliphatic rings. The molecule has 0 unspecified atom stereocenters. The standard InChI is InChI=1S/C7H17AsN/c1-4-8-6-5-7-9(2)3/h4-7H2,1-3H3. The Balaban J connectivity index is 2.75. The predicted molar refractivity (Wildman–Crippen MR) is 44.2 cm³/mol. The number of nitrogens with zero attached hydrogens (tertiary/aromatic N) is 1. The first-order valence-corrected chi connectivity index (χ1v) is 6.20. The van der Waals surface area contributed by atoms with Crippen LogP contribution in [0.15, 0.2) is 0 Å². The second-order valence-corrected chi connectivity index (χ2v) is 5.62. The van der Waals surface area contributed by atoms with Crippen LogP contribution in [0.25, 0.3) is 0 Å². The van der Waals surface area contributed by atoms with Crippen molar-refractivity contribution in [2.45, 2.75) is 23.8 Å². The number of hydrogen-bond donors (Lipinski definition) is 0. The SMILES string of the molecule is CC[As]CCCN(C)C. The van der Waals surface area contributed by atoms with E-state index < -0.39 is 0 Å². The second-order valence-electron chi connectivity index (χ2n) is 2.42. The molecule has 0 heterocycles. The summed E-state index contributed by atoms with van der Waals surface area (Å²) >= 11 is 0.692. The van der Waals surface area contributed by atoms with Gasteiger partial charge in [0.15, 0.2) is 0 Å². The minimum absolute atomic E-state index is 0.692. The van der Waals surface area contributed by atoms with E-state index >= 15 is 0 Å². The fraction of sp³-hybridized carbons (Fsp3) is 1.00. The van der Waals surface area contributed by atoms with E-state index in [1.807, 2.05) is 0 Å². The molecule has 2 heteroatoms. The van der Waals surface area contributed by atoms with Crippen molar-refractivity contribution >= 4 is 15.8 Å². The third kappa shape index (κ3) is 8.52.